The average molecular weight is 403 g/mol. The van der Waals surface area contributed by atoms with Crippen molar-refractivity contribution >= 4 is 17.5 Å². The second-order valence-corrected chi connectivity index (χ2v) is 8.14. The standard InChI is InChI=1S/C24H35ClN2O/c1-4-6-7-8-9-15-24(28)27(20(3)5-2)19-23-14-11-16-26(23)18-21-12-10-13-22(25)17-21/h10-14,16-17,20H,4-9,15,18-19H2,1-3H3. The first-order valence-corrected chi connectivity index (χ1v) is 11.1. The number of unbranched alkanes of at least 4 members (excludes halogenated alkanes) is 4. The van der Waals surface area contributed by atoms with Gasteiger partial charge in [0.2, 0.25) is 5.91 Å². The third kappa shape index (κ3) is 7.01. The molecule has 0 aliphatic rings. The smallest absolute Gasteiger partial charge is 0.223 e. The fourth-order valence-corrected chi connectivity index (χ4v) is 3.70. The molecular weight excluding hydrogens is 368 g/mol. The van der Waals surface area contributed by atoms with Gasteiger partial charge in [-0.15, -0.1) is 0 Å². The SMILES string of the molecule is CCCCCCCC(=O)N(Cc1cccn1Cc1cccc(Cl)c1)C(C)CC. The molecule has 4 heteroatoms. The molecule has 154 valence electrons. The molecule has 0 saturated carbocycles. The normalized spacial score (nSPS) is 12.1. The first kappa shape index (κ1) is 22.5. The second kappa shape index (κ2) is 12.0. The Morgan fingerprint density at radius 3 is 2.61 bits per heavy atom. The number of hydrogen-bond donors (Lipinski definition) is 0. The van der Waals surface area contributed by atoms with Crippen LogP contribution in [-0.2, 0) is 17.9 Å². The van der Waals surface area contributed by atoms with Gasteiger partial charge in [0.15, 0.2) is 0 Å². The summed E-state index contributed by atoms with van der Waals surface area (Å²) in [6.45, 7) is 7.95. The number of amides is 1. The monoisotopic (exact) mass is 402 g/mol. The van der Waals surface area contributed by atoms with Crippen LogP contribution in [0.1, 0.15) is 77.0 Å². The van der Waals surface area contributed by atoms with Crippen LogP contribution in [0.4, 0.5) is 0 Å². The molecule has 2 aromatic rings. The van der Waals surface area contributed by atoms with Gasteiger partial charge in [-0.05, 0) is 49.6 Å². The minimum atomic E-state index is 0.248. The lowest BCUT2D eigenvalue weighted by Gasteiger charge is -2.29. The fraction of sp³-hybridized carbons (Fsp3) is 0.542. The van der Waals surface area contributed by atoms with E-state index >= 15 is 0 Å². The summed E-state index contributed by atoms with van der Waals surface area (Å²) in [7, 11) is 0. The van der Waals surface area contributed by atoms with Crippen LogP contribution in [0.15, 0.2) is 42.6 Å². The van der Waals surface area contributed by atoms with E-state index in [1.54, 1.807) is 0 Å². The first-order valence-electron chi connectivity index (χ1n) is 10.7. The summed E-state index contributed by atoms with van der Waals surface area (Å²) >= 11 is 6.13. The van der Waals surface area contributed by atoms with Crippen molar-refractivity contribution in [1.82, 2.24) is 9.47 Å². The van der Waals surface area contributed by atoms with Crippen LogP contribution < -0.4 is 0 Å². The zero-order valence-electron chi connectivity index (χ0n) is 17.7. The molecule has 28 heavy (non-hydrogen) atoms. The number of aromatic nitrogens is 1. The molecule has 1 amide bonds. The highest BCUT2D eigenvalue weighted by Crippen LogP contribution is 2.18. The molecule has 1 atom stereocenters. The fourth-order valence-electron chi connectivity index (χ4n) is 3.49. The lowest BCUT2D eigenvalue weighted by molar-refractivity contribution is -0.134. The van der Waals surface area contributed by atoms with Crippen molar-refractivity contribution < 1.29 is 4.79 Å². The molecule has 0 saturated heterocycles. The largest absolute Gasteiger partial charge is 0.345 e. The summed E-state index contributed by atoms with van der Waals surface area (Å²) in [5.74, 6) is 0.279. The Bertz CT molecular complexity index is 725. The quantitative estimate of drug-likeness (QED) is 0.363. The van der Waals surface area contributed by atoms with Crippen molar-refractivity contribution in [2.45, 2.75) is 84.8 Å². The number of rotatable bonds is 12. The molecule has 1 aromatic heterocycles. The van der Waals surface area contributed by atoms with Crippen molar-refractivity contribution in [3.05, 3.63) is 58.9 Å². The second-order valence-electron chi connectivity index (χ2n) is 7.70. The molecule has 0 spiro atoms. The van der Waals surface area contributed by atoms with Crippen molar-refractivity contribution in [3.63, 3.8) is 0 Å². The molecule has 0 radical (unpaired) electrons. The third-order valence-corrected chi connectivity index (χ3v) is 5.67. The molecule has 1 unspecified atom stereocenters. The number of benzene rings is 1. The minimum absolute atomic E-state index is 0.248. The van der Waals surface area contributed by atoms with Gasteiger partial charge in [0.05, 0.1) is 6.54 Å². The summed E-state index contributed by atoms with van der Waals surface area (Å²) in [6.07, 6.45) is 9.58. The predicted octanol–water partition coefficient (Wildman–Crippen LogP) is 6.68. The van der Waals surface area contributed by atoms with Gasteiger partial charge < -0.3 is 9.47 Å². The lowest BCUT2D eigenvalue weighted by Crippen LogP contribution is -2.38. The van der Waals surface area contributed by atoms with E-state index in [0.717, 1.165) is 30.8 Å². The molecule has 1 aromatic carbocycles. The van der Waals surface area contributed by atoms with E-state index in [1.807, 2.05) is 18.2 Å². The maximum Gasteiger partial charge on any atom is 0.223 e. The van der Waals surface area contributed by atoms with Gasteiger partial charge in [0, 0.05) is 35.9 Å². The molecule has 1 heterocycles. The lowest BCUT2D eigenvalue weighted by atomic mass is 10.1. The number of hydrogen-bond acceptors (Lipinski definition) is 1. The van der Waals surface area contributed by atoms with E-state index in [0.29, 0.717) is 13.0 Å². The highest BCUT2D eigenvalue weighted by atomic mass is 35.5. The maximum atomic E-state index is 12.9. The predicted molar refractivity (Wildman–Crippen MR) is 119 cm³/mol. The number of carbonyl (C=O) groups is 1. The van der Waals surface area contributed by atoms with Gasteiger partial charge in [-0.1, -0.05) is 63.3 Å². The zero-order valence-corrected chi connectivity index (χ0v) is 18.4. The van der Waals surface area contributed by atoms with Crippen LogP contribution in [0, 0.1) is 0 Å². The van der Waals surface area contributed by atoms with Crippen LogP contribution in [0.3, 0.4) is 0 Å². The van der Waals surface area contributed by atoms with Gasteiger partial charge in [-0.25, -0.2) is 0 Å². The van der Waals surface area contributed by atoms with Crippen LogP contribution in [0.5, 0.6) is 0 Å². The Balaban J connectivity index is 2.02. The average Bonchev–Trinajstić information content (AvgIpc) is 3.11. The molecule has 0 fully saturated rings. The Morgan fingerprint density at radius 1 is 1.11 bits per heavy atom. The van der Waals surface area contributed by atoms with Crippen molar-refractivity contribution in [3.8, 4) is 0 Å². The summed E-state index contributed by atoms with van der Waals surface area (Å²) in [4.78, 5) is 15.0. The van der Waals surface area contributed by atoms with Crippen LogP contribution in [0.2, 0.25) is 5.02 Å². The van der Waals surface area contributed by atoms with Crippen LogP contribution >= 0.6 is 11.6 Å². The maximum absolute atomic E-state index is 12.9. The molecule has 3 nitrogen and oxygen atoms in total. The van der Waals surface area contributed by atoms with E-state index in [9.17, 15) is 4.79 Å². The summed E-state index contributed by atoms with van der Waals surface area (Å²) in [5, 5.41) is 0.755. The van der Waals surface area contributed by atoms with Gasteiger partial charge >= 0.3 is 0 Å². The molecule has 0 aliphatic heterocycles. The van der Waals surface area contributed by atoms with Crippen molar-refractivity contribution in [1.29, 1.82) is 0 Å². The highest BCUT2D eigenvalue weighted by molar-refractivity contribution is 6.30. The Hall–Kier alpha value is -1.74. The number of carbonyl (C=O) groups excluding carboxylic acids is 1. The van der Waals surface area contributed by atoms with Crippen LogP contribution in [-0.4, -0.2) is 21.4 Å². The zero-order chi connectivity index (χ0) is 20.4. The van der Waals surface area contributed by atoms with Crippen LogP contribution in [0.25, 0.3) is 0 Å². The summed E-state index contributed by atoms with van der Waals surface area (Å²) in [6, 6.07) is 12.4. The van der Waals surface area contributed by atoms with Crippen molar-refractivity contribution in [2.24, 2.45) is 0 Å². The first-order chi connectivity index (χ1) is 13.5. The van der Waals surface area contributed by atoms with Gasteiger partial charge in [-0.3, -0.25) is 4.79 Å². The van der Waals surface area contributed by atoms with Gasteiger partial charge in [0.25, 0.3) is 0 Å². The number of nitrogens with zero attached hydrogens (tertiary/aromatic N) is 2. The summed E-state index contributed by atoms with van der Waals surface area (Å²) < 4.78 is 2.22. The highest BCUT2D eigenvalue weighted by Gasteiger charge is 2.20. The molecule has 0 bridgehead atoms. The number of halogens is 1. The molecule has 2 rings (SSSR count). The molecular formula is C24H35ClN2O. The third-order valence-electron chi connectivity index (χ3n) is 5.44. The van der Waals surface area contributed by atoms with E-state index in [-0.39, 0.29) is 11.9 Å². The van der Waals surface area contributed by atoms with Gasteiger partial charge in [0.1, 0.15) is 0 Å². The van der Waals surface area contributed by atoms with E-state index < -0.39 is 0 Å². The molecule has 0 N–H and O–H groups in total. The van der Waals surface area contributed by atoms with E-state index in [1.165, 1.54) is 30.5 Å². The van der Waals surface area contributed by atoms with Gasteiger partial charge in [-0.2, -0.15) is 0 Å². The van der Waals surface area contributed by atoms with Crippen molar-refractivity contribution in [2.75, 3.05) is 0 Å². The Morgan fingerprint density at radius 2 is 1.89 bits per heavy atom. The summed E-state index contributed by atoms with van der Waals surface area (Å²) in [5.41, 5.74) is 2.34. The van der Waals surface area contributed by atoms with E-state index in [4.69, 9.17) is 11.6 Å². The molecule has 0 aliphatic carbocycles. The topological polar surface area (TPSA) is 25.2 Å². The van der Waals surface area contributed by atoms with E-state index in [2.05, 4.69) is 54.6 Å². The Kier molecular flexibility index (Phi) is 9.63. The minimum Gasteiger partial charge on any atom is -0.345 e. The Labute approximate surface area is 175 Å².